The van der Waals surface area contributed by atoms with E-state index in [2.05, 4.69) is 46.3 Å². The first-order valence-corrected chi connectivity index (χ1v) is 17.1. The number of likely N-dealkylation sites (tertiary alicyclic amines) is 1. The van der Waals surface area contributed by atoms with Crippen molar-refractivity contribution in [3.63, 3.8) is 0 Å². The van der Waals surface area contributed by atoms with Crippen LogP contribution in [0.15, 0.2) is 41.4 Å². The van der Waals surface area contributed by atoms with Gasteiger partial charge >= 0.3 is 0 Å². The lowest BCUT2D eigenvalue weighted by Crippen LogP contribution is -2.45. The minimum absolute atomic E-state index is 0.167. The Balaban J connectivity index is 1.29. The van der Waals surface area contributed by atoms with Gasteiger partial charge in [0.1, 0.15) is 34.5 Å². The van der Waals surface area contributed by atoms with Crippen LogP contribution in [0.25, 0.3) is 22.2 Å². The van der Waals surface area contributed by atoms with Crippen LogP contribution >= 0.6 is 15.9 Å². The van der Waals surface area contributed by atoms with Gasteiger partial charge in [0.25, 0.3) is 0 Å². The van der Waals surface area contributed by atoms with Crippen molar-refractivity contribution in [1.29, 1.82) is 0 Å². The highest BCUT2D eigenvalue weighted by Gasteiger charge is 2.50. The van der Waals surface area contributed by atoms with Gasteiger partial charge in [0.2, 0.25) is 11.8 Å². The number of rotatable bonds is 4. The summed E-state index contributed by atoms with van der Waals surface area (Å²) < 4.78 is 24.1. The summed E-state index contributed by atoms with van der Waals surface area (Å²) in [6.45, 7) is 2.71. The Morgan fingerprint density at radius 1 is 1.08 bits per heavy atom. The Hall–Kier alpha value is -4.17. The standard InChI is InChI=1S/C34H38BrFN8O4/c1-21(45)31-25-13-26(24-15-37-22(2)38-16-24)39-17-28(25)44(42-31)18-30(46)43-19-34(36)14-27(43)33(47)41-32-23(10-11-29(35)40-32)9-7-5-3-4-6-8-12-48-20-34/h10-11,13,15-17,27H,3-9,12,14,18-20H2,1-2H3,(H,40,41,47)/t27-,34+/m0/s1. The van der Waals surface area contributed by atoms with Crippen LogP contribution in [0.5, 0.6) is 0 Å². The Morgan fingerprint density at radius 2 is 1.83 bits per heavy atom. The number of ketones is 1. The summed E-state index contributed by atoms with van der Waals surface area (Å²) in [5.41, 5.74) is 0.770. The number of Topliss-reactive ketones (excluding diaryl/α,β-unsaturated/α-hetero) is 1. The molecule has 12 nitrogen and oxygen atoms in total. The summed E-state index contributed by atoms with van der Waals surface area (Å²) in [6.07, 6.45) is 11.3. The molecule has 2 bridgehead atoms. The molecule has 48 heavy (non-hydrogen) atoms. The molecule has 2 atom stereocenters. The molecule has 6 heterocycles. The molecule has 14 heteroatoms. The van der Waals surface area contributed by atoms with Gasteiger partial charge in [-0.15, -0.1) is 0 Å². The third kappa shape index (κ3) is 7.59. The fraction of sp³-hybridized carbons (Fsp3) is 0.471. The van der Waals surface area contributed by atoms with Crippen molar-refractivity contribution in [2.24, 2.45) is 0 Å². The molecule has 2 aliphatic heterocycles. The number of alkyl halides is 1. The lowest BCUT2D eigenvalue weighted by molar-refractivity contribution is -0.137. The van der Waals surface area contributed by atoms with Crippen LogP contribution < -0.4 is 5.32 Å². The van der Waals surface area contributed by atoms with Crippen molar-refractivity contribution in [3.8, 4) is 11.3 Å². The van der Waals surface area contributed by atoms with Crippen molar-refractivity contribution in [2.75, 3.05) is 25.1 Å². The van der Waals surface area contributed by atoms with Crippen LogP contribution in [-0.4, -0.2) is 83.7 Å². The SMILES string of the molecule is CC(=O)c1nn(CC(=O)N2C[C@@]3(F)COCCCCCCCCc4ccc(Br)nc4NC(=O)[C@@H]2C3)c2cnc(-c3cnc(C)nc3)cc12. The van der Waals surface area contributed by atoms with Crippen LogP contribution in [0, 0.1) is 6.92 Å². The first kappa shape index (κ1) is 33.7. The van der Waals surface area contributed by atoms with Crippen LogP contribution in [0.1, 0.15) is 73.7 Å². The summed E-state index contributed by atoms with van der Waals surface area (Å²) in [4.78, 5) is 59.2. The van der Waals surface area contributed by atoms with Crippen LogP contribution in [-0.2, 0) is 27.3 Å². The first-order valence-electron chi connectivity index (χ1n) is 16.3. The predicted molar refractivity (Wildman–Crippen MR) is 180 cm³/mol. The van der Waals surface area contributed by atoms with E-state index in [1.54, 1.807) is 25.4 Å². The van der Waals surface area contributed by atoms with Gasteiger partial charge < -0.3 is 15.0 Å². The van der Waals surface area contributed by atoms with Gasteiger partial charge in [0.05, 0.1) is 30.6 Å². The molecule has 0 unspecified atom stereocenters. The molecule has 1 fully saturated rings. The maximum Gasteiger partial charge on any atom is 0.248 e. The number of anilines is 1. The van der Waals surface area contributed by atoms with Gasteiger partial charge in [-0.2, -0.15) is 5.10 Å². The van der Waals surface area contributed by atoms with Gasteiger partial charge in [-0.25, -0.2) is 19.3 Å². The molecule has 0 saturated carbocycles. The Bertz CT molecular complexity index is 1830. The minimum atomic E-state index is -1.93. The molecular weight excluding hydrogens is 683 g/mol. The molecule has 0 aromatic carbocycles. The van der Waals surface area contributed by atoms with E-state index >= 15 is 4.39 Å². The molecule has 0 radical (unpaired) electrons. The fourth-order valence-electron chi connectivity index (χ4n) is 6.35. The van der Waals surface area contributed by atoms with E-state index < -0.39 is 23.5 Å². The number of hydrogen-bond acceptors (Lipinski definition) is 9. The van der Waals surface area contributed by atoms with Crippen LogP contribution in [0.4, 0.5) is 10.2 Å². The van der Waals surface area contributed by atoms with E-state index in [0.29, 0.717) is 45.0 Å². The predicted octanol–water partition coefficient (Wildman–Crippen LogP) is 5.42. The van der Waals surface area contributed by atoms with E-state index in [4.69, 9.17) is 4.74 Å². The minimum Gasteiger partial charge on any atom is -0.378 e. The topological polar surface area (TPSA) is 145 Å². The maximum absolute atomic E-state index is 16.4. The average molecular weight is 722 g/mol. The van der Waals surface area contributed by atoms with Gasteiger partial charge in [-0.05, 0) is 59.8 Å². The first-order chi connectivity index (χ1) is 23.1. The number of aromatic nitrogens is 6. The lowest BCUT2D eigenvalue weighted by Gasteiger charge is -2.24. The van der Waals surface area contributed by atoms with Crippen molar-refractivity contribution < 1.29 is 23.5 Å². The largest absolute Gasteiger partial charge is 0.378 e. The van der Waals surface area contributed by atoms with E-state index in [-0.39, 0.29) is 37.6 Å². The highest BCUT2D eigenvalue weighted by atomic mass is 79.9. The normalized spacial score (nSPS) is 21.0. The van der Waals surface area contributed by atoms with E-state index in [9.17, 15) is 14.4 Å². The molecule has 6 rings (SSSR count). The molecular formula is C34H38BrFN8O4. The molecule has 4 aromatic heterocycles. The highest BCUT2D eigenvalue weighted by Crippen LogP contribution is 2.34. The summed E-state index contributed by atoms with van der Waals surface area (Å²) in [7, 11) is 0. The van der Waals surface area contributed by atoms with Gasteiger partial charge in [-0.1, -0.05) is 31.7 Å². The van der Waals surface area contributed by atoms with E-state index in [1.807, 2.05) is 12.1 Å². The second-order valence-electron chi connectivity index (χ2n) is 12.6. The average Bonchev–Trinajstić information content (AvgIpc) is 3.61. The smallest absolute Gasteiger partial charge is 0.248 e. The fourth-order valence-corrected chi connectivity index (χ4v) is 6.66. The number of nitrogens with zero attached hydrogens (tertiary/aromatic N) is 7. The summed E-state index contributed by atoms with van der Waals surface area (Å²) in [5.74, 6) is -0.341. The van der Waals surface area contributed by atoms with Crippen molar-refractivity contribution in [1.82, 2.24) is 34.6 Å². The molecule has 2 amide bonds. The highest BCUT2D eigenvalue weighted by molar-refractivity contribution is 9.10. The maximum atomic E-state index is 16.4. The summed E-state index contributed by atoms with van der Waals surface area (Å²) >= 11 is 3.39. The van der Waals surface area contributed by atoms with Gasteiger partial charge in [0.15, 0.2) is 11.5 Å². The van der Waals surface area contributed by atoms with Crippen molar-refractivity contribution in [2.45, 2.75) is 83.5 Å². The number of fused-ring (bicyclic) bond motifs is 4. The molecule has 4 aromatic rings. The second kappa shape index (κ2) is 14.5. The van der Waals surface area contributed by atoms with Crippen molar-refractivity contribution >= 4 is 50.2 Å². The second-order valence-corrected chi connectivity index (χ2v) is 13.4. The number of ether oxygens (including phenoxy) is 1. The summed E-state index contributed by atoms with van der Waals surface area (Å²) in [6, 6.07) is 4.35. The lowest BCUT2D eigenvalue weighted by atomic mass is 10.0. The Labute approximate surface area is 286 Å². The third-order valence-electron chi connectivity index (χ3n) is 8.88. The van der Waals surface area contributed by atoms with E-state index in [1.165, 1.54) is 22.7 Å². The summed E-state index contributed by atoms with van der Waals surface area (Å²) in [5, 5.41) is 7.86. The zero-order valence-corrected chi connectivity index (χ0v) is 28.6. The number of carbonyl (C=O) groups excluding carboxylic acids is 3. The zero-order valence-electron chi connectivity index (χ0n) is 27.0. The van der Waals surface area contributed by atoms with Crippen LogP contribution in [0.2, 0.25) is 0 Å². The molecule has 0 aliphatic carbocycles. The van der Waals surface area contributed by atoms with Gasteiger partial charge in [-0.3, -0.25) is 24.0 Å². The number of aryl methyl sites for hydroxylation is 2. The Morgan fingerprint density at radius 3 is 2.60 bits per heavy atom. The molecule has 2 aliphatic rings. The van der Waals surface area contributed by atoms with E-state index in [0.717, 1.165) is 50.5 Å². The monoisotopic (exact) mass is 720 g/mol. The number of amides is 2. The van der Waals surface area contributed by atoms with Gasteiger partial charge in [0, 0.05) is 43.3 Å². The quantitative estimate of drug-likeness (QED) is 0.216. The van der Waals surface area contributed by atoms with Crippen LogP contribution in [0.3, 0.4) is 0 Å². The molecule has 252 valence electrons. The number of halogens is 2. The Kier molecular flexibility index (Phi) is 10.2. The zero-order chi connectivity index (χ0) is 33.8. The third-order valence-corrected chi connectivity index (χ3v) is 9.32. The number of pyridine rings is 2. The number of carbonyl (C=O) groups is 3. The molecule has 1 N–H and O–H groups in total. The molecule has 0 spiro atoms. The number of hydrogen-bond donors (Lipinski definition) is 1. The number of nitrogens with one attached hydrogen (secondary N) is 1. The molecule has 1 saturated heterocycles. The van der Waals surface area contributed by atoms with Crippen molar-refractivity contribution in [3.05, 3.63) is 58.5 Å².